The maximum absolute atomic E-state index is 6.09. The first-order chi connectivity index (χ1) is 9.17. The lowest BCUT2D eigenvalue weighted by molar-refractivity contribution is 0.433. The molecule has 1 aromatic rings. The summed E-state index contributed by atoms with van der Waals surface area (Å²) in [7, 11) is 5.78. The van der Waals surface area contributed by atoms with Crippen molar-refractivity contribution in [1.82, 2.24) is 10.2 Å². The standard InChI is InChI=1S/C15H14BClN2/c1-10-8-19-9-11(7-16)5-14(15(19)18-10)12-3-2-4-13(17)6-12/h2-6,8-9,15,18H,7H2,1H3. The zero-order chi connectivity index (χ0) is 13.4. The number of halogens is 1. The van der Waals surface area contributed by atoms with Gasteiger partial charge in [0, 0.05) is 28.7 Å². The van der Waals surface area contributed by atoms with Crippen molar-refractivity contribution in [2.24, 2.45) is 0 Å². The maximum atomic E-state index is 6.09. The van der Waals surface area contributed by atoms with Crippen LogP contribution in [0.1, 0.15) is 12.5 Å². The van der Waals surface area contributed by atoms with E-state index in [1.807, 2.05) is 18.2 Å². The zero-order valence-electron chi connectivity index (χ0n) is 10.7. The topological polar surface area (TPSA) is 15.3 Å². The number of nitrogens with one attached hydrogen (secondary N) is 1. The molecule has 0 saturated carbocycles. The molecule has 1 aromatic carbocycles. The fourth-order valence-electron chi connectivity index (χ4n) is 2.50. The third-order valence-corrected chi connectivity index (χ3v) is 3.58. The van der Waals surface area contributed by atoms with E-state index < -0.39 is 0 Å². The lowest BCUT2D eigenvalue weighted by Gasteiger charge is -2.30. The van der Waals surface area contributed by atoms with Gasteiger partial charge in [0.25, 0.3) is 0 Å². The molecule has 2 radical (unpaired) electrons. The number of hydrogen-bond acceptors (Lipinski definition) is 2. The summed E-state index contributed by atoms with van der Waals surface area (Å²) in [5.41, 5.74) is 4.57. The van der Waals surface area contributed by atoms with E-state index in [9.17, 15) is 0 Å². The Kier molecular flexibility index (Phi) is 3.15. The van der Waals surface area contributed by atoms with Crippen molar-refractivity contribution in [3.8, 4) is 0 Å². The van der Waals surface area contributed by atoms with Crippen LogP contribution in [0.4, 0.5) is 0 Å². The molecule has 2 heterocycles. The van der Waals surface area contributed by atoms with Gasteiger partial charge in [-0.1, -0.05) is 36.1 Å². The molecule has 0 bridgehead atoms. The molecule has 0 fully saturated rings. The number of nitrogens with zero attached hydrogens (tertiary/aromatic N) is 1. The van der Waals surface area contributed by atoms with E-state index in [-0.39, 0.29) is 6.17 Å². The fraction of sp³-hybridized carbons (Fsp3) is 0.200. The predicted molar refractivity (Wildman–Crippen MR) is 80.6 cm³/mol. The normalized spacial score (nSPS) is 21.3. The monoisotopic (exact) mass is 268 g/mol. The summed E-state index contributed by atoms with van der Waals surface area (Å²) in [4.78, 5) is 2.16. The van der Waals surface area contributed by atoms with E-state index in [0.29, 0.717) is 6.32 Å². The first-order valence-electron chi connectivity index (χ1n) is 6.28. The van der Waals surface area contributed by atoms with Gasteiger partial charge in [0.2, 0.25) is 0 Å². The highest BCUT2D eigenvalue weighted by Gasteiger charge is 2.28. The SMILES string of the molecule is [B]CC1=CN2C=C(C)NC2C(c2cccc(Cl)c2)=C1. The summed E-state index contributed by atoms with van der Waals surface area (Å²) in [5.74, 6) is 0. The largest absolute Gasteiger partial charge is 0.364 e. The zero-order valence-corrected chi connectivity index (χ0v) is 11.5. The van der Waals surface area contributed by atoms with Gasteiger partial charge < -0.3 is 10.2 Å². The molecule has 94 valence electrons. The number of hydrogen-bond donors (Lipinski definition) is 1. The molecule has 2 aliphatic rings. The molecule has 1 atom stereocenters. The van der Waals surface area contributed by atoms with E-state index in [1.54, 1.807) is 0 Å². The van der Waals surface area contributed by atoms with Crippen LogP contribution < -0.4 is 5.32 Å². The average Bonchev–Trinajstić information content (AvgIpc) is 2.77. The predicted octanol–water partition coefficient (Wildman–Crippen LogP) is 3.30. The second-order valence-corrected chi connectivity index (χ2v) is 5.26. The van der Waals surface area contributed by atoms with Crippen LogP contribution in [0.5, 0.6) is 0 Å². The molecule has 0 saturated heterocycles. The van der Waals surface area contributed by atoms with Crippen molar-refractivity contribution in [2.75, 3.05) is 0 Å². The number of allylic oxidation sites excluding steroid dienone is 3. The van der Waals surface area contributed by atoms with Crippen molar-refractivity contribution in [3.63, 3.8) is 0 Å². The quantitative estimate of drug-likeness (QED) is 0.828. The van der Waals surface area contributed by atoms with Crippen LogP contribution in [0.2, 0.25) is 11.3 Å². The third-order valence-electron chi connectivity index (χ3n) is 3.35. The first-order valence-corrected chi connectivity index (χ1v) is 6.66. The summed E-state index contributed by atoms with van der Waals surface area (Å²) < 4.78 is 0. The second kappa shape index (κ2) is 4.82. The van der Waals surface area contributed by atoms with E-state index >= 15 is 0 Å². The Morgan fingerprint density at radius 3 is 2.95 bits per heavy atom. The number of rotatable bonds is 2. The molecule has 1 N–H and O–H groups in total. The fourth-order valence-corrected chi connectivity index (χ4v) is 2.69. The molecule has 0 aliphatic carbocycles. The molecule has 2 aliphatic heterocycles. The minimum Gasteiger partial charge on any atom is -0.364 e. The van der Waals surface area contributed by atoms with Gasteiger partial charge in [-0.05, 0) is 30.2 Å². The van der Waals surface area contributed by atoms with Gasteiger partial charge >= 0.3 is 0 Å². The van der Waals surface area contributed by atoms with Gasteiger partial charge in [0.1, 0.15) is 6.17 Å². The third kappa shape index (κ3) is 2.30. The number of fused-ring (bicyclic) bond motifs is 1. The molecule has 0 aromatic heterocycles. The molecule has 0 amide bonds. The smallest absolute Gasteiger partial charge is 0.129 e. The van der Waals surface area contributed by atoms with Gasteiger partial charge in [-0.25, -0.2) is 0 Å². The van der Waals surface area contributed by atoms with Gasteiger partial charge in [-0.15, -0.1) is 0 Å². The molecule has 3 rings (SSSR count). The highest BCUT2D eigenvalue weighted by atomic mass is 35.5. The Hall–Kier alpha value is -1.61. The van der Waals surface area contributed by atoms with E-state index in [1.165, 1.54) is 5.57 Å². The highest BCUT2D eigenvalue weighted by Crippen LogP contribution is 2.32. The Morgan fingerprint density at radius 1 is 1.37 bits per heavy atom. The van der Waals surface area contributed by atoms with Crippen LogP contribution >= 0.6 is 11.6 Å². The van der Waals surface area contributed by atoms with Crippen LogP contribution in [0.25, 0.3) is 5.57 Å². The van der Waals surface area contributed by atoms with Gasteiger partial charge in [-0.2, -0.15) is 0 Å². The van der Waals surface area contributed by atoms with Crippen molar-refractivity contribution < 1.29 is 0 Å². The number of benzene rings is 1. The Bertz CT molecular complexity index is 604. The van der Waals surface area contributed by atoms with E-state index in [2.05, 4.69) is 41.7 Å². The lowest BCUT2D eigenvalue weighted by atomic mass is 9.90. The summed E-state index contributed by atoms with van der Waals surface area (Å²) in [5, 5.41) is 4.21. The van der Waals surface area contributed by atoms with E-state index in [0.717, 1.165) is 21.9 Å². The lowest BCUT2D eigenvalue weighted by Crippen LogP contribution is -2.36. The van der Waals surface area contributed by atoms with Gasteiger partial charge in [-0.3, -0.25) is 0 Å². The minimum atomic E-state index is 0.133. The molecular weight excluding hydrogens is 254 g/mol. The maximum Gasteiger partial charge on any atom is 0.129 e. The molecule has 4 heteroatoms. The van der Waals surface area contributed by atoms with Gasteiger partial charge in [0.05, 0.1) is 7.85 Å². The average molecular weight is 269 g/mol. The van der Waals surface area contributed by atoms with Crippen molar-refractivity contribution >= 4 is 25.0 Å². The van der Waals surface area contributed by atoms with Crippen molar-refractivity contribution in [1.29, 1.82) is 0 Å². The molecule has 1 unspecified atom stereocenters. The highest BCUT2D eigenvalue weighted by molar-refractivity contribution is 6.30. The summed E-state index contributed by atoms with van der Waals surface area (Å²) in [6.07, 6.45) is 6.99. The van der Waals surface area contributed by atoms with Crippen LogP contribution in [-0.2, 0) is 0 Å². The second-order valence-electron chi connectivity index (χ2n) is 4.82. The molecule has 0 spiro atoms. The van der Waals surface area contributed by atoms with Crippen LogP contribution in [0.3, 0.4) is 0 Å². The Labute approximate surface area is 119 Å². The van der Waals surface area contributed by atoms with E-state index in [4.69, 9.17) is 19.4 Å². The Balaban J connectivity index is 2.04. The van der Waals surface area contributed by atoms with Gasteiger partial charge in [0.15, 0.2) is 0 Å². The summed E-state index contributed by atoms with van der Waals surface area (Å²) in [6.45, 7) is 2.06. The molecule has 2 nitrogen and oxygen atoms in total. The van der Waals surface area contributed by atoms with Crippen LogP contribution in [-0.4, -0.2) is 18.9 Å². The molecule has 19 heavy (non-hydrogen) atoms. The van der Waals surface area contributed by atoms with Crippen LogP contribution in [0, 0.1) is 0 Å². The van der Waals surface area contributed by atoms with Crippen LogP contribution in [0.15, 0.2) is 54.0 Å². The Morgan fingerprint density at radius 2 is 2.21 bits per heavy atom. The van der Waals surface area contributed by atoms with Crippen molar-refractivity contribution in [2.45, 2.75) is 19.4 Å². The summed E-state index contributed by atoms with van der Waals surface area (Å²) in [6, 6.07) is 7.92. The summed E-state index contributed by atoms with van der Waals surface area (Å²) >= 11 is 6.09. The minimum absolute atomic E-state index is 0.133. The molecular formula is C15H14BClN2. The van der Waals surface area contributed by atoms with Crippen molar-refractivity contribution in [3.05, 3.63) is 64.6 Å². The first kappa shape index (κ1) is 12.4.